The average molecular weight is 323 g/mol. The summed E-state index contributed by atoms with van der Waals surface area (Å²) in [5.41, 5.74) is 2.61. The molecule has 2 aliphatic rings. The van der Waals surface area contributed by atoms with E-state index >= 15 is 0 Å². The van der Waals surface area contributed by atoms with Crippen molar-refractivity contribution in [2.45, 2.75) is 45.4 Å². The number of rotatable bonds is 5. The molecule has 1 heterocycles. The standard InChI is InChI=1S/C18H26N2O.ClH/c1-2-3-4-14-5-7-15(8-6-14)20-17(21)16-13-18(16)9-11-19-12-10-18;/h5-8,16,19H,2-4,9-13H2,1H3,(H,20,21);1H. The molecule has 1 aliphatic heterocycles. The fraction of sp³-hybridized carbons (Fsp3) is 0.611. The highest BCUT2D eigenvalue weighted by Crippen LogP contribution is 2.58. The Hall–Kier alpha value is -1.06. The molecule has 2 N–H and O–H groups in total. The van der Waals surface area contributed by atoms with Crippen LogP contribution in [0.1, 0.15) is 44.6 Å². The number of unbranched alkanes of at least 4 members (excludes halogenated alkanes) is 1. The summed E-state index contributed by atoms with van der Waals surface area (Å²) in [5.74, 6) is 0.456. The van der Waals surface area contributed by atoms with Crippen molar-refractivity contribution in [1.29, 1.82) is 0 Å². The summed E-state index contributed by atoms with van der Waals surface area (Å²) < 4.78 is 0. The number of hydrogen-bond acceptors (Lipinski definition) is 2. The van der Waals surface area contributed by atoms with Crippen molar-refractivity contribution in [3.8, 4) is 0 Å². The van der Waals surface area contributed by atoms with Gasteiger partial charge >= 0.3 is 0 Å². The Morgan fingerprint density at radius 2 is 1.95 bits per heavy atom. The zero-order valence-electron chi connectivity index (χ0n) is 13.4. The van der Waals surface area contributed by atoms with Gasteiger partial charge in [0.25, 0.3) is 0 Å². The number of piperidine rings is 1. The van der Waals surface area contributed by atoms with E-state index in [1.165, 1.54) is 18.4 Å². The number of benzene rings is 1. The maximum Gasteiger partial charge on any atom is 0.228 e. The van der Waals surface area contributed by atoms with Gasteiger partial charge in [0.1, 0.15) is 0 Å². The number of amides is 1. The van der Waals surface area contributed by atoms with Crippen LogP contribution >= 0.6 is 12.4 Å². The topological polar surface area (TPSA) is 41.1 Å². The van der Waals surface area contributed by atoms with Gasteiger partial charge in [-0.05, 0) is 68.3 Å². The molecule has 0 bridgehead atoms. The maximum absolute atomic E-state index is 12.4. The van der Waals surface area contributed by atoms with Gasteiger partial charge in [-0.15, -0.1) is 12.4 Å². The first-order valence-corrected chi connectivity index (χ1v) is 8.34. The smallest absolute Gasteiger partial charge is 0.228 e. The summed E-state index contributed by atoms with van der Waals surface area (Å²) in [4.78, 5) is 12.4. The van der Waals surface area contributed by atoms with Gasteiger partial charge in [-0.2, -0.15) is 0 Å². The minimum absolute atomic E-state index is 0. The van der Waals surface area contributed by atoms with E-state index in [9.17, 15) is 4.79 Å². The second-order valence-corrected chi connectivity index (χ2v) is 6.66. The predicted octanol–water partition coefficient (Wildman–Crippen LogP) is 3.78. The van der Waals surface area contributed by atoms with E-state index in [0.29, 0.717) is 5.41 Å². The summed E-state index contributed by atoms with van der Waals surface area (Å²) in [5, 5.41) is 6.48. The van der Waals surface area contributed by atoms with Gasteiger partial charge in [0.2, 0.25) is 5.91 Å². The van der Waals surface area contributed by atoms with Crippen molar-refractivity contribution in [3.63, 3.8) is 0 Å². The molecule has 22 heavy (non-hydrogen) atoms. The summed E-state index contributed by atoms with van der Waals surface area (Å²) in [7, 11) is 0. The quantitative estimate of drug-likeness (QED) is 0.866. The number of halogens is 1. The third-order valence-corrected chi connectivity index (χ3v) is 5.15. The van der Waals surface area contributed by atoms with Crippen LogP contribution in [-0.2, 0) is 11.2 Å². The van der Waals surface area contributed by atoms with Crippen LogP contribution < -0.4 is 10.6 Å². The van der Waals surface area contributed by atoms with Crippen molar-refractivity contribution < 1.29 is 4.79 Å². The lowest BCUT2D eigenvalue weighted by molar-refractivity contribution is -0.118. The molecule has 1 aromatic carbocycles. The van der Waals surface area contributed by atoms with Crippen LogP contribution in [0.25, 0.3) is 0 Å². The summed E-state index contributed by atoms with van der Waals surface area (Å²) in [6.07, 6.45) is 6.96. The van der Waals surface area contributed by atoms with E-state index in [1.807, 2.05) is 12.1 Å². The molecule has 1 amide bonds. The van der Waals surface area contributed by atoms with Gasteiger partial charge in [0.15, 0.2) is 0 Å². The lowest BCUT2D eigenvalue weighted by atomic mass is 9.92. The van der Waals surface area contributed by atoms with Gasteiger partial charge in [0.05, 0.1) is 0 Å². The minimum Gasteiger partial charge on any atom is -0.326 e. The highest BCUT2D eigenvalue weighted by atomic mass is 35.5. The lowest BCUT2D eigenvalue weighted by Gasteiger charge is -2.23. The molecule has 1 atom stereocenters. The molecular formula is C18H27ClN2O. The van der Waals surface area contributed by atoms with E-state index < -0.39 is 0 Å². The summed E-state index contributed by atoms with van der Waals surface area (Å²) in [6, 6.07) is 8.36. The number of nitrogens with one attached hydrogen (secondary N) is 2. The normalized spacial score (nSPS) is 22.0. The van der Waals surface area contributed by atoms with Crippen molar-refractivity contribution in [2.75, 3.05) is 18.4 Å². The Labute approximate surface area is 139 Å². The van der Waals surface area contributed by atoms with Crippen molar-refractivity contribution in [3.05, 3.63) is 29.8 Å². The van der Waals surface area contributed by atoms with Gasteiger partial charge < -0.3 is 10.6 Å². The molecule has 4 heteroatoms. The van der Waals surface area contributed by atoms with Crippen molar-refractivity contribution in [1.82, 2.24) is 5.32 Å². The molecule has 1 saturated carbocycles. The Morgan fingerprint density at radius 1 is 1.27 bits per heavy atom. The van der Waals surface area contributed by atoms with Crippen LogP contribution in [0.3, 0.4) is 0 Å². The third-order valence-electron chi connectivity index (χ3n) is 5.15. The van der Waals surface area contributed by atoms with Crippen LogP contribution in [0, 0.1) is 11.3 Å². The van der Waals surface area contributed by atoms with Crippen molar-refractivity contribution in [2.24, 2.45) is 11.3 Å². The van der Waals surface area contributed by atoms with Gasteiger partial charge in [-0.25, -0.2) is 0 Å². The van der Waals surface area contributed by atoms with Crippen LogP contribution in [0.15, 0.2) is 24.3 Å². The fourth-order valence-electron chi connectivity index (χ4n) is 3.56. The van der Waals surface area contributed by atoms with Crippen molar-refractivity contribution >= 4 is 24.0 Å². The molecule has 122 valence electrons. The van der Waals surface area contributed by atoms with Crippen LogP contribution in [-0.4, -0.2) is 19.0 Å². The molecule has 3 nitrogen and oxygen atoms in total. The Morgan fingerprint density at radius 3 is 2.59 bits per heavy atom. The zero-order chi connectivity index (χ0) is 14.7. The molecule has 3 rings (SSSR count). The molecule has 0 radical (unpaired) electrons. The molecular weight excluding hydrogens is 296 g/mol. The largest absolute Gasteiger partial charge is 0.326 e. The molecule has 0 aromatic heterocycles. The molecule has 1 spiro atoms. The second kappa shape index (κ2) is 7.47. The second-order valence-electron chi connectivity index (χ2n) is 6.66. The van der Waals surface area contributed by atoms with E-state index in [1.54, 1.807) is 0 Å². The average Bonchev–Trinajstić information content (AvgIpc) is 3.21. The highest BCUT2D eigenvalue weighted by Gasteiger charge is 2.57. The number of carbonyl (C=O) groups excluding carboxylic acids is 1. The Bertz CT molecular complexity index is 494. The molecule has 2 fully saturated rings. The Kier molecular flexibility index (Phi) is 5.87. The van der Waals surface area contributed by atoms with Crippen LogP contribution in [0.2, 0.25) is 0 Å². The lowest BCUT2D eigenvalue weighted by Crippen LogP contribution is -2.31. The maximum atomic E-state index is 12.4. The third kappa shape index (κ3) is 3.82. The van der Waals surface area contributed by atoms with Gasteiger partial charge in [-0.1, -0.05) is 25.5 Å². The number of hydrogen-bond donors (Lipinski definition) is 2. The monoisotopic (exact) mass is 322 g/mol. The van der Waals surface area contributed by atoms with E-state index in [4.69, 9.17) is 0 Å². The van der Waals surface area contributed by atoms with Gasteiger partial charge in [0, 0.05) is 11.6 Å². The summed E-state index contributed by atoms with van der Waals surface area (Å²) >= 11 is 0. The molecule has 1 aromatic rings. The zero-order valence-corrected chi connectivity index (χ0v) is 14.2. The highest BCUT2D eigenvalue weighted by molar-refractivity contribution is 5.95. The first kappa shape index (κ1) is 17.3. The molecule has 1 aliphatic carbocycles. The Balaban J connectivity index is 0.00000176. The van der Waals surface area contributed by atoms with Crippen LogP contribution in [0.5, 0.6) is 0 Å². The van der Waals surface area contributed by atoms with Crippen LogP contribution in [0.4, 0.5) is 5.69 Å². The number of aryl methyl sites for hydroxylation is 1. The van der Waals surface area contributed by atoms with E-state index in [2.05, 4.69) is 29.7 Å². The number of anilines is 1. The first-order valence-electron chi connectivity index (χ1n) is 8.34. The SMILES string of the molecule is CCCCc1ccc(NC(=O)C2CC23CCNCC3)cc1.Cl. The van der Waals surface area contributed by atoms with E-state index in [-0.39, 0.29) is 24.2 Å². The fourth-order valence-corrected chi connectivity index (χ4v) is 3.56. The molecule has 1 saturated heterocycles. The van der Waals surface area contributed by atoms with Gasteiger partial charge in [-0.3, -0.25) is 4.79 Å². The number of carbonyl (C=O) groups is 1. The molecule has 1 unspecified atom stereocenters. The minimum atomic E-state index is 0. The van der Waals surface area contributed by atoms with E-state index in [0.717, 1.165) is 44.5 Å². The first-order chi connectivity index (χ1) is 10.2. The predicted molar refractivity (Wildman–Crippen MR) is 93.6 cm³/mol. The summed E-state index contributed by atoms with van der Waals surface area (Å²) in [6.45, 7) is 4.34.